The van der Waals surface area contributed by atoms with Crippen LogP contribution in [0.2, 0.25) is 0 Å². The van der Waals surface area contributed by atoms with Gasteiger partial charge in [-0.25, -0.2) is 4.98 Å². The highest BCUT2D eigenvalue weighted by Crippen LogP contribution is 2.38. The zero-order chi connectivity index (χ0) is 22.2. The van der Waals surface area contributed by atoms with E-state index in [0.717, 1.165) is 5.56 Å². The first-order valence-corrected chi connectivity index (χ1v) is 11.3. The molecule has 160 valence electrons. The maximum absolute atomic E-state index is 13.0. The molecule has 0 fully saturated rings. The van der Waals surface area contributed by atoms with Crippen molar-refractivity contribution in [3.63, 3.8) is 0 Å². The monoisotopic (exact) mass is 455 g/mol. The van der Waals surface area contributed by atoms with Gasteiger partial charge in [0.1, 0.15) is 16.4 Å². The topological polar surface area (TPSA) is 97.4 Å². The Hall–Kier alpha value is -3.17. The van der Waals surface area contributed by atoms with E-state index < -0.39 is 11.9 Å². The SMILES string of the molecule is CCNC(=O)CSc1nc(-c2ccccc2)c(NC(=O)c2ccccc2OC(C)=O)s1. The second-order valence-corrected chi connectivity index (χ2v) is 8.53. The molecule has 0 bridgehead atoms. The third kappa shape index (κ3) is 6.16. The number of nitrogens with one attached hydrogen (secondary N) is 2. The quantitative estimate of drug-likeness (QED) is 0.300. The van der Waals surface area contributed by atoms with Crippen LogP contribution in [0.15, 0.2) is 58.9 Å². The molecule has 0 saturated heterocycles. The van der Waals surface area contributed by atoms with Crippen LogP contribution in [0.5, 0.6) is 5.75 Å². The normalized spacial score (nSPS) is 10.4. The summed E-state index contributed by atoms with van der Waals surface area (Å²) in [5.41, 5.74) is 1.69. The fourth-order valence-electron chi connectivity index (χ4n) is 2.68. The van der Waals surface area contributed by atoms with Crippen molar-refractivity contribution in [3.05, 3.63) is 60.2 Å². The molecular formula is C22H21N3O4S2. The van der Waals surface area contributed by atoms with E-state index >= 15 is 0 Å². The molecule has 0 unspecified atom stereocenters. The molecule has 2 aromatic carbocycles. The minimum absolute atomic E-state index is 0.0788. The number of hydrogen-bond acceptors (Lipinski definition) is 7. The molecule has 0 radical (unpaired) electrons. The zero-order valence-corrected chi connectivity index (χ0v) is 18.6. The van der Waals surface area contributed by atoms with Crippen LogP contribution in [0.3, 0.4) is 0 Å². The number of esters is 1. The Morgan fingerprint density at radius 1 is 1.06 bits per heavy atom. The summed E-state index contributed by atoms with van der Waals surface area (Å²) in [5.74, 6) is -0.586. The average molecular weight is 456 g/mol. The molecule has 3 rings (SSSR count). The number of anilines is 1. The third-order valence-electron chi connectivity index (χ3n) is 3.97. The van der Waals surface area contributed by atoms with Gasteiger partial charge in [-0.3, -0.25) is 14.4 Å². The van der Waals surface area contributed by atoms with E-state index in [4.69, 9.17) is 4.74 Å². The number of ether oxygens (including phenoxy) is 1. The Bertz CT molecular complexity index is 1080. The van der Waals surface area contributed by atoms with Crippen molar-refractivity contribution in [2.75, 3.05) is 17.6 Å². The number of thioether (sulfide) groups is 1. The van der Waals surface area contributed by atoms with E-state index in [1.807, 2.05) is 37.3 Å². The molecule has 0 aliphatic carbocycles. The summed E-state index contributed by atoms with van der Waals surface area (Å²) in [6.07, 6.45) is 0. The van der Waals surface area contributed by atoms with E-state index in [0.29, 0.717) is 21.6 Å². The predicted molar refractivity (Wildman–Crippen MR) is 123 cm³/mol. The van der Waals surface area contributed by atoms with Crippen molar-refractivity contribution in [3.8, 4) is 17.0 Å². The number of aromatic nitrogens is 1. The highest BCUT2D eigenvalue weighted by molar-refractivity contribution is 8.01. The Morgan fingerprint density at radius 3 is 2.48 bits per heavy atom. The molecule has 0 aliphatic heterocycles. The van der Waals surface area contributed by atoms with Crippen LogP contribution >= 0.6 is 23.1 Å². The van der Waals surface area contributed by atoms with Gasteiger partial charge in [-0.1, -0.05) is 65.6 Å². The van der Waals surface area contributed by atoms with E-state index in [2.05, 4.69) is 15.6 Å². The van der Waals surface area contributed by atoms with Crippen LogP contribution in [0.4, 0.5) is 5.00 Å². The lowest BCUT2D eigenvalue weighted by molar-refractivity contribution is -0.131. The maximum Gasteiger partial charge on any atom is 0.308 e. The Morgan fingerprint density at radius 2 is 1.77 bits per heavy atom. The van der Waals surface area contributed by atoms with Gasteiger partial charge in [-0.2, -0.15) is 0 Å². The first-order valence-electron chi connectivity index (χ1n) is 9.52. The standard InChI is InChI=1S/C22H21N3O4S2/c1-3-23-18(27)13-30-22-24-19(15-9-5-4-6-10-15)21(31-22)25-20(28)16-11-7-8-12-17(16)29-14(2)26/h4-12H,3,13H2,1-2H3,(H,23,27)(H,25,28). The van der Waals surface area contributed by atoms with Crippen LogP contribution in [-0.2, 0) is 9.59 Å². The van der Waals surface area contributed by atoms with Crippen LogP contribution in [0.1, 0.15) is 24.2 Å². The number of nitrogens with zero attached hydrogens (tertiary/aromatic N) is 1. The molecule has 0 saturated carbocycles. The molecule has 7 nitrogen and oxygen atoms in total. The molecule has 9 heteroatoms. The number of thiazole rings is 1. The largest absolute Gasteiger partial charge is 0.426 e. The Labute approximate surface area is 188 Å². The number of carbonyl (C=O) groups excluding carboxylic acids is 3. The highest BCUT2D eigenvalue weighted by atomic mass is 32.2. The molecule has 2 amide bonds. The minimum Gasteiger partial charge on any atom is -0.426 e. The summed E-state index contributed by atoms with van der Waals surface area (Å²) in [6, 6.07) is 16.0. The molecule has 0 spiro atoms. The zero-order valence-electron chi connectivity index (χ0n) is 17.0. The number of hydrogen-bond donors (Lipinski definition) is 2. The van der Waals surface area contributed by atoms with Crippen LogP contribution in [0, 0.1) is 0 Å². The molecule has 0 atom stereocenters. The highest BCUT2D eigenvalue weighted by Gasteiger charge is 2.20. The molecule has 1 heterocycles. The van der Waals surface area contributed by atoms with Crippen molar-refractivity contribution < 1.29 is 19.1 Å². The molecule has 1 aromatic heterocycles. The summed E-state index contributed by atoms with van der Waals surface area (Å²) in [5, 5.41) is 6.18. The Balaban J connectivity index is 1.88. The number of amides is 2. The molecule has 3 aromatic rings. The van der Waals surface area contributed by atoms with Gasteiger partial charge in [0.15, 0.2) is 4.34 Å². The summed E-state index contributed by atoms with van der Waals surface area (Å²) < 4.78 is 5.81. The number of para-hydroxylation sites is 1. The van der Waals surface area contributed by atoms with Gasteiger partial charge in [0.2, 0.25) is 5.91 Å². The van der Waals surface area contributed by atoms with Crippen molar-refractivity contribution in [2.24, 2.45) is 0 Å². The fraction of sp³-hybridized carbons (Fsp3) is 0.182. The minimum atomic E-state index is -0.507. The Kier molecular flexibility index (Phi) is 7.80. The van der Waals surface area contributed by atoms with E-state index in [1.54, 1.807) is 24.3 Å². The molecular weight excluding hydrogens is 434 g/mol. The van der Waals surface area contributed by atoms with Crippen LogP contribution in [0.25, 0.3) is 11.3 Å². The lowest BCUT2D eigenvalue weighted by Gasteiger charge is -2.09. The number of rotatable bonds is 8. The molecule has 0 aliphatic rings. The first kappa shape index (κ1) is 22.5. The fourth-order valence-corrected chi connectivity index (χ4v) is 4.57. The summed E-state index contributed by atoms with van der Waals surface area (Å²) in [4.78, 5) is 40.8. The smallest absolute Gasteiger partial charge is 0.308 e. The lowest BCUT2D eigenvalue weighted by atomic mass is 10.1. The van der Waals surface area contributed by atoms with Gasteiger partial charge in [0, 0.05) is 19.0 Å². The van der Waals surface area contributed by atoms with Crippen molar-refractivity contribution in [2.45, 2.75) is 18.2 Å². The molecule has 31 heavy (non-hydrogen) atoms. The third-order valence-corrected chi connectivity index (χ3v) is 6.08. The first-order chi connectivity index (χ1) is 15.0. The van der Waals surface area contributed by atoms with Crippen LogP contribution in [-0.4, -0.2) is 35.1 Å². The van der Waals surface area contributed by atoms with Gasteiger partial charge in [0.25, 0.3) is 5.91 Å². The van der Waals surface area contributed by atoms with Gasteiger partial charge < -0.3 is 15.4 Å². The number of carbonyl (C=O) groups is 3. The predicted octanol–water partition coefficient (Wildman–Crippen LogP) is 4.22. The van der Waals surface area contributed by atoms with Crippen LogP contribution < -0.4 is 15.4 Å². The number of benzene rings is 2. The summed E-state index contributed by atoms with van der Waals surface area (Å²) in [6.45, 7) is 3.71. The van der Waals surface area contributed by atoms with Gasteiger partial charge in [-0.15, -0.1) is 0 Å². The van der Waals surface area contributed by atoms with E-state index in [9.17, 15) is 14.4 Å². The van der Waals surface area contributed by atoms with E-state index in [-0.39, 0.29) is 23.0 Å². The lowest BCUT2D eigenvalue weighted by Crippen LogP contribution is -2.24. The van der Waals surface area contributed by atoms with E-state index in [1.165, 1.54) is 30.0 Å². The summed E-state index contributed by atoms with van der Waals surface area (Å²) >= 11 is 2.60. The average Bonchev–Trinajstić information content (AvgIpc) is 3.15. The van der Waals surface area contributed by atoms with Gasteiger partial charge in [-0.05, 0) is 19.1 Å². The van der Waals surface area contributed by atoms with Gasteiger partial charge in [0.05, 0.1) is 11.3 Å². The van der Waals surface area contributed by atoms with Crippen molar-refractivity contribution in [1.29, 1.82) is 0 Å². The van der Waals surface area contributed by atoms with Gasteiger partial charge >= 0.3 is 5.97 Å². The molecule has 2 N–H and O–H groups in total. The second kappa shape index (κ2) is 10.7. The van der Waals surface area contributed by atoms with Crippen molar-refractivity contribution >= 4 is 45.9 Å². The maximum atomic E-state index is 13.0. The van der Waals surface area contributed by atoms with Crippen molar-refractivity contribution in [1.82, 2.24) is 10.3 Å². The second-order valence-electron chi connectivity index (χ2n) is 6.31. The summed E-state index contributed by atoms with van der Waals surface area (Å²) in [7, 11) is 0.